The Kier molecular flexibility index (Phi) is 7.75. The minimum Gasteiger partial charge on any atom is -0.475 e. The molecule has 2 aromatic heterocycles. The van der Waals surface area contributed by atoms with Crippen LogP contribution in [0.2, 0.25) is 0 Å². The summed E-state index contributed by atoms with van der Waals surface area (Å²) in [5, 5.41) is 10.8. The number of ether oxygens (including phenoxy) is 1. The molecular weight excluding hydrogens is 409 g/mol. The van der Waals surface area contributed by atoms with Gasteiger partial charge in [-0.25, -0.2) is 9.78 Å². The molecule has 0 bridgehead atoms. The van der Waals surface area contributed by atoms with Gasteiger partial charge in [-0.1, -0.05) is 11.2 Å². The van der Waals surface area contributed by atoms with Gasteiger partial charge in [-0.05, 0) is 13.0 Å². The van der Waals surface area contributed by atoms with E-state index in [1.807, 2.05) is 17.0 Å². The highest BCUT2D eigenvalue weighted by Gasteiger charge is 2.38. The van der Waals surface area contributed by atoms with Crippen molar-refractivity contribution in [1.82, 2.24) is 15.0 Å². The van der Waals surface area contributed by atoms with Gasteiger partial charge in [0.05, 0.1) is 12.8 Å². The van der Waals surface area contributed by atoms with Crippen molar-refractivity contribution in [2.24, 2.45) is 0 Å². The lowest BCUT2D eigenvalue weighted by Crippen LogP contribution is -2.36. The summed E-state index contributed by atoms with van der Waals surface area (Å²) < 4.78 is 41.9. The largest absolute Gasteiger partial charge is 0.490 e. The number of carbonyl (C=O) groups excluding carboxylic acids is 1. The van der Waals surface area contributed by atoms with E-state index < -0.39 is 12.1 Å². The summed E-state index contributed by atoms with van der Waals surface area (Å²) in [6.45, 7) is 4.96. The van der Waals surface area contributed by atoms with Gasteiger partial charge in [0.15, 0.2) is 0 Å². The predicted molar refractivity (Wildman–Crippen MR) is 98.0 cm³/mol. The monoisotopic (exact) mass is 430 g/mol. The van der Waals surface area contributed by atoms with Crippen LogP contribution in [0.5, 0.6) is 0 Å². The number of alkyl halides is 3. The molecule has 1 N–H and O–H groups in total. The van der Waals surface area contributed by atoms with Gasteiger partial charge in [-0.3, -0.25) is 4.79 Å². The van der Waals surface area contributed by atoms with Crippen LogP contribution < -0.4 is 4.90 Å². The Labute approximate surface area is 170 Å². The first-order valence-electron chi connectivity index (χ1n) is 8.83. The number of hydrogen-bond donors (Lipinski definition) is 1. The Hall–Kier alpha value is -3.15. The van der Waals surface area contributed by atoms with E-state index >= 15 is 0 Å². The van der Waals surface area contributed by atoms with Crippen molar-refractivity contribution in [1.29, 1.82) is 0 Å². The predicted octanol–water partition coefficient (Wildman–Crippen LogP) is 2.12. The zero-order valence-corrected chi connectivity index (χ0v) is 16.3. The van der Waals surface area contributed by atoms with E-state index in [2.05, 4.69) is 15.0 Å². The lowest BCUT2D eigenvalue weighted by molar-refractivity contribution is -0.192. The lowest BCUT2D eigenvalue weighted by Gasteiger charge is -2.23. The van der Waals surface area contributed by atoms with Crippen LogP contribution in [0.1, 0.15) is 21.7 Å². The maximum atomic E-state index is 12.7. The van der Waals surface area contributed by atoms with Crippen LogP contribution in [0.3, 0.4) is 0 Å². The number of methoxy groups -OCH3 is 1. The van der Waals surface area contributed by atoms with Gasteiger partial charge in [0.2, 0.25) is 0 Å². The second kappa shape index (κ2) is 10.1. The minimum atomic E-state index is -5.08. The smallest absolute Gasteiger partial charge is 0.475 e. The molecular formula is C18H21F3N4O5. The second-order valence-electron chi connectivity index (χ2n) is 6.29. The molecule has 1 aliphatic heterocycles. The normalized spacial score (nSPS) is 13.8. The molecule has 0 radical (unpaired) electrons. The Bertz CT molecular complexity index is 872. The van der Waals surface area contributed by atoms with Crippen molar-refractivity contribution < 1.29 is 37.1 Å². The molecule has 1 amide bonds. The molecule has 0 unspecified atom stereocenters. The fourth-order valence-electron chi connectivity index (χ4n) is 2.74. The number of halogens is 3. The van der Waals surface area contributed by atoms with Gasteiger partial charge in [-0.2, -0.15) is 13.2 Å². The highest BCUT2D eigenvalue weighted by Crippen LogP contribution is 2.23. The van der Waals surface area contributed by atoms with E-state index in [0.29, 0.717) is 37.6 Å². The van der Waals surface area contributed by atoms with Crippen LogP contribution in [0.15, 0.2) is 29.0 Å². The third-order valence-electron chi connectivity index (χ3n) is 4.24. The summed E-state index contributed by atoms with van der Waals surface area (Å²) in [6, 6.07) is 3.90. The van der Waals surface area contributed by atoms with Crippen LogP contribution >= 0.6 is 0 Å². The molecule has 0 atom stereocenters. The van der Waals surface area contributed by atoms with Crippen molar-refractivity contribution >= 4 is 17.7 Å². The quantitative estimate of drug-likeness (QED) is 0.786. The Balaban J connectivity index is 0.000000396. The SMILES string of the molecule is COCCN1CCN(C(=O)c2cnoc2C)Cc2cccnc21.O=C(O)C(F)(F)F. The molecule has 9 nitrogen and oxygen atoms in total. The molecule has 0 saturated heterocycles. The van der Waals surface area contributed by atoms with Gasteiger partial charge in [0, 0.05) is 45.0 Å². The van der Waals surface area contributed by atoms with E-state index in [-0.39, 0.29) is 5.91 Å². The number of aryl methyl sites for hydroxylation is 1. The third-order valence-corrected chi connectivity index (χ3v) is 4.24. The van der Waals surface area contributed by atoms with E-state index in [1.54, 1.807) is 20.2 Å². The van der Waals surface area contributed by atoms with E-state index in [9.17, 15) is 18.0 Å². The molecule has 0 spiro atoms. The number of nitrogens with zero attached hydrogens (tertiary/aromatic N) is 4. The first-order valence-corrected chi connectivity index (χ1v) is 8.83. The molecule has 30 heavy (non-hydrogen) atoms. The summed E-state index contributed by atoms with van der Waals surface area (Å²) in [6.07, 6.45) is -1.82. The Morgan fingerprint density at radius 1 is 1.33 bits per heavy atom. The van der Waals surface area contributed by atoms with Crippen LogP contribution in [-0.2, 0) is 16.1 Å². The van der Waals surface area contributed by atoms with Crippen LogP contribution in [-0.4, -0.2) is 71.6 Å². The van der Waals surface area contributed by atoms with Crippen LogP contribution in [0, 0.1) is 6.92 Å². The standard InChI is InChI=1S/C16H20N4O3.C2HF3O2/c1-12-14(10-18-23-12)16(21)20-7-6-19(8-9-22-2)15-13(11-20)4-3-5-17-15;3-2(4,5)1(6)7/h3-5,10H,6-9,11H2,1-2H3;(H,6,7). The van der Waals surface area contributed by atoms with Crippen molar-refractivity contribution in [3.63, 3.8) is 0 Å². The zero-order chi connectivity index (χ0) is 22.3. The highest BCUT2D eigenvalue weighted by molar-refractivity contribution is 5.95. The Morgan fingerprint density at radius 2 is 2.03 bits per heavy atom. The number of hydrogen-bond acceptors (Lipinski definition) is 7. The average Bonchev–Trinajstić information content (AvgIpc) is 3.03. The molecule has 0 saturated carbocycles. The third kappa shape index (κ3) is 5.92. The molecule has 0 aromatic carbocycles. The molecule has 2 aromatic rings. The second-order valence-corrected chi connectivity index (χ2v) is 6.29. The minimum absolute atomic E-state index is 0.0628. The molecule has 164 valence electrons. The topological polar surface area (TPSA) is 109 Å². The summed E-state index contributed by atoms with van der Waals surface area (Å²) >= 11 is 0. The van der Waals surface area contributed by atoms with Crippen LogP contribution in [0.25, 0.3) is 0 Å². The van der Waals surface area contributed by atoms with E-state index in [0.717, 1.165) is 17.9 Å². The van der Waals surface area contributed by atoms with E-state index in [4.69, 9.17) is 19.2 Å². The van der Waals surface area contributed by atoms with Crippen molar-refractivity contribution in [2.75, 3.05) is 38.3 Å². The first kappa shape index (κ1) is 23.1. The summed E-state index contributed by atoms with van der Waals surface area (Å²) in [7, 11) is 1.68. The summed E-state index contributed by atoms with van der Waals surface area (Å²) in [5.74, 6) is -1.36. The fourth-order valence-corrected chi connectivity index (χ4v) is 2.74. The molecule has 3 heterocycles. The van der Waals surface area contributed by atoms with Crippen LogP contribution in [0.4, 0.5) is 19.0 Å². The number of anilines is 1. The molecule has 3 rings (SSSR count). The highest BCUT2D eigenvalue weighted by atomic mass is 19.4. The number of fused-ring (bicyclic) bond motifs is 1. The zero-order valence-electron chi connectivity index (χ0n) is 16.3. The molecule has 0 aliphatic carbocycles. The lowest BCUT2D eigenvalue weighted by atomic mass is 10.2. The number of pyridine rings is 1. The number of rotatable bonds is 4. The number of carboxylic acids is 1. The van der Waals surface area contributed by atoms with Crippen molar-refractivity contribution in [3.8, 4) is 0 Å². The van der Waals surface area contributed by atoms with Gasteiger partial charge in [0.25, 0.3) is 5.91 Å². The number of aliphatic carboxylic acids is 1. The summed E-state index contributed by atoms with van der Waals surface area (Å²) in [5.41, 5.74) is 1.55. The summed E-state index contributed by atoms with van der Waals surface area (Å²) in [4.78, 5) is 30.1. The van der Waals surface area contributed by atoms with Gasteiger partial charge in [0.1, 0.15) is 17.1 Å². The molecule has 12 heteroatoms. The van der Waals surface area contributed by atoms with Gasteiger partial charge in [-0.15, -0.1) is 0 Å². The average molecular weight is 430 g/mol. The molecule has 0 fully saturated rings. The number of aromatic nitrogens is 2. The Morgan fingerprint density at radius 3 is 2.60 bits per heavy atom. The van der Waals surface area contributed by atoms with Gasteiger partial charge >= 0.3 is 12.1 Å². The number of amides is 1. The van der Waals surface area contributed by atoms with Crippen molar-refractivity contribution in [2.45, 2.75) is 19.6 Å². The number of carbonyl (C=O) groups is 2. The maximum Gasteiger partial charge on any atom is 0.490 e. The van der Waals surface area contributed by atoms with Crippen molar-refractivity contribution in [3.05, 3.63) is 41.4 Å². The van der Waals surface area contributed by atoms with Gasteiger partial charge < -0.3 is 24.2 Å². The van der Waals surface area contributed by atoms with E-state index in [1.165, 1.54) is 6.20 Å². The fraction of sp³-hybridized carbons (Fsp3) is 0.444. The maximum absolute atomic E-state index is 12.7. The molecule has 1 aliphatic rings. The number of carboxylic acid groups (broad SMARTS) is 1. The first-order chi connectivity index (χ1) is 14.1.